The summed E-state index contributed by atoms with van der Waals surface area (Å²) in [5.41, 5.74) is 8.35. The highest BCUT2D eigenvalue weighted by atomic mass is 79.9. The van der Waals surface area contributed by atoms with E-state index in [2.05, 4.69) is 27.8 Å². The van der Waals surface area contributed by atoms with E-state index in [0.717, 1.165) is 20.7 Å². The third-order valence-electron chi connectivity index (χ3n) is 3.58. The number of rotatable bonds is 4. The van der Waals surface area contributed by atoms with Gasteiger partial charge in [-0.1, -0.05) is 35.9 Å². The fraction of sp³-hybridized carbons (Fsp3) is 0.188. The van der Waals surface area contributed by atoms with E-state index in [9.17, 15) is 0 Å². The van der Waals surface area contributed by atoms with E-state index in [1.54, 1.807) is 0 Å². The summed E-state index contributed by atoms with van der Waals surface area (Å²) in [4.78, 5) is 2.07. The summed E-state index contributed by atoms with van der Waals surface area (Å²) in [5, 5.41) is 8.53. The first kappa shape index (κ1) is 15.9. The molecule has 0 saturated carbocycles. The number of benzene rings is 2. The molecule has 1 unspecified atom stereocenters. The van der Waals surface area contributed by atoms with Crippen molar-refractivity contribution in [3.63, 3.8) is 0 Å². The molecule has 5 heteroatoms. The number of nitrogens with one attached hydrogen (secondary N) is 1. The molecule has 0 heterocycles. The van der Waals surface area contributed by atoms with Gasteiger partial charge in [-0.25, -0.2) is 0 Å². The normalized spacial score (nSPS) is 12.0. The van der Waals surface area contributed by atoms with Crippen molar-refractivity contribution in [3.8, 4) is 0 Å². The lowest BCUT2D eigenvalue weighted by Crippen LogP contribution is -2.25. The Kier molecular flexibility index (Phi) is 4.91. The van der Waals surface area contributed by atoms with E-state index in [1.165, 1.54) is 0 Å². The Labute approximate surface area is 138 Å². The summed E-state index contributed by atoms with van der Waals surface area (Å²) in [6, 6.07) is 13.6. The second-order valence-corrected chi connectivity index (χ2v) is 6.12. The van der Waals surface area contributed by atoms with Crippen molar-refractivity contribution in [2.45, 2.75) is 13.0 Å². The topological polar surface area (TPSA) is 53.1 Å². The van der Waals surface area contributed by atoms with E-state index in [4.69, 9.17) is 22.7 Å². The van der Waals surface area contributed by atoms with Gasteiger partial charge in [0, 0.05) is 22.2 Å². The quantitative estimate of drug-likeness (QED) is 0.614. The van der Waals surface area contributed by atoms with Crippen LogP contribution in [0.2, 0.25) is 5.02 Å². The molecule has 110 valence electrons. The van der Waals surface area contributed by atoms with Crippen LogP contribution in [0.25, 0.3) is 0 Å². The molecule has 0 aliphatic carbocycles. The Morgan fingerprint density at radius 1 is 1.24 bits per heavy atom. The maximum Gasteiger partial charge on any atom is 0.126 e. The largest absolute Gasteiger partial charge is 0.384 e. The first-order valence-corrected chi connectivity index (χ1v) is 7.70. The van der Waals surface area contributed by atoms with Gasteiger partial charge < -0.3 is 10.6 Å². The molecule has 2 aromatic carbocycles. The van der Waals surface area contributed by atoms with Gasteiger partial charge in [0.05, 0.1) is 11.6 Å². The second-order valence-electron chi connectivity index (χ2n) is 4.86. The highest BCUT2D eigenvalue weighted by Crippen LogP contribution is 2.34. The molecule has 0 aliphatic heterocycles. The van der Waals surface area contributed by atoms with Gasteiger partial charge >= 0.3 is 0 Å². The maximum absolute atomic E-state index is 7.79. The molecule has 0 amide bonds. The van der Waals surface area contributed by atoms with Crippen molar-refractivity contribution in [2.75, 3.05) is 11.9 Å². The fourth-order valence-electron chi connectivity index (χ4n) is 2.30. The molecule has 21 heavy (non-hydrogen) atoms. The zero-order chi connectivity index (χ0) is 15.6. The fourth-order valence-corrected chi connectivity index (χ4v) is 3.17. The summed E-state index contributed by atoms with van der Waals surface area (Å²) in [5.74, 6) is 0.0377. The van der Waals surface area contributed by atoms with Crippen molar-refractivity contribution >= 4 is 39.1 Å². The van der Waals surface area contributed by atoms with Crippen molar-refractivity contribution in [1.29, 1.82) is 5.41 Å². The monoisotopic (exact) mass is 365 g/mol. The minimum atomic E-state index is 0.0377. The number of hydrogen-bond acceptors (Lipinski definition) is 2. The molecular weight excluding hydrogens is 350 g/mol. The summed E-state index contributed by atoms with van der Waals surface area (Å²) in [6.45, 7) is 2.08. The summed E-state index contributed by atoms with van der Waals surface area (Å²) < 4.78 is 0.811. The molecular formula is C16H17BrClN3. The molecule has 3 N–H and O–H groups in total. The number of nitrogens with two attached hydrogens (primary N) is 1. The molecule has 1 atom stereocenters. The molecule has 2 rings (SSSR count). The number of anilines is 1. The van der Waals surface area contributed by atoms with Crippen molar-refractivity contribution in [1.82, 2.24) is 0 Å². The van der Waals surface area contributed by atoms with Gasteiger partial charge in [-0.05, 0) is 46.6 Å². The van der Waals surface area contributed by atoms with Crippen LogP contribution in [-0.4, -0.2) is 12.9 Å². The van der Waals surface area contributed by atoms with Crippen LogP contribution in [0, 0.1) is 5.41 Å². The SMILES string of the molecule is CC(c1ccccc1Cl)N(C)c1cccc(Br)c1C(=N)N. The van der Waals surface area contributed by atoms with Crippen molar-refractivity contribution in [2.24, 2.45) is 5.73 Å². The second kappa shape index (κ2) is 6.50. The highest BCUT2D eigenvalue weighted by Gasteiger charge is 2.19. The Balaban J connectivity index is 2.46. The molecule has 0 radical (unpaired) electrons. The van der Waals surface area contributed by atoms with Gasteiger partial charge in [0.15, 0.2) is 0 Å². The van der Waals surface area contributed by atoms with Crippen LogP contribution in [0.1, 0.15) is 24.1 Å². The van der Waals surface area contributed by atoms with Gasteiger partial charge in [0.2, 0.25) is 0 Å². The lowest BCUT2D eigenvalue weighted by Gasteiger charge is -2.30. The van der Waals surface area contributed by atoms with Crippen LogP contribution in [0.5, 0.6) is 0 Å². The Hall–Kier alpha value is -1.52. The predicted molar refractivity (Wildman–Crippen MR) is 93.4 cm³/mol. The van der Waals surface area contributed by atoms with Gasteiger partial charge in [0.1, 0.15) is 5.84 Å². The molecule has 0 saturated heterocycles. The summed E-state index contributed by atoms with van der Waals surface area (Å²) in [6.07, 6.45) is 0. The van der Waals surface area contributed by atoms with E-state index < -0.39 is 0 Å². The molecule has 0 fully saturated rings. The third kappa shape index (κ3) is 3.22. The van der Waals surface area contributed by atoms with Crippen LogP contribution in [0.15, 0.2) is 46.9 Å². The number of halogens is 2. The third-order valence-corrected chi connectivity index (χ3v) is 4.58. The van der Waals surface area contributed by atoms with Gasteiger partial charge in [-0.3, -0.25) is 5.41 Å². The highest BCUT2D eigenvalue weighted by molar-refractivity contribution is 9.10. The Bertz CT molecular complexity index is 672. The van der Waals surface area contributed by atoms with E-state index in [1.807, 2.05) is 49.5 Å². The van der Waals surface area contributed by atoms with Gasteiger partial charge in [0.25, 0.3) is 0 Å². The molecule has 2 aromatic rings. The van der Waals surface area contributed by atoms with Crippen LogP contribution in [0.3, 0.4) is 0 Å². The molecule has 0 bridgehead atoms. The lowest BCUT2D eigenvalue weighted by molar-refractivity contribution is 0.739. The van der Waals surface area contributed by atoms with E-state index in [-0.39, 0.29) is 11.9 Å². The Morgan fingerprint density at radius 3 is 2.52 bits per heavy atom. The average molecular weight is 367 g/mol. The number of amidine groups is 1. The van der Waals surface area contributed by atoms with Gasteiger partial charge in [-0.2, -0.15) is 0 Å². The van der Waals surface area contributed by atoms with E-state index >= 15 is 0 Å². The summed E-state index contributed by atoms with van der Waals surface area (Å²) in [7, 11) is 1.97. The van der Waals surface area contributed by atoms with Crippen LogP contribution >= 0.6 is 27.5 Å². The zero-order valence-corrected chi connectivity index (χ0v) is 14.2. The molecule has 3 nitrogen and oxygen atoms in total. The van der Waals surface area contributed by atoms with Gasteiger partial charge in [-0.15, -0.1) is 0 Å². The molecule has 0 aromatic heterocycles. The standard InChI is InChI=1S/C16H17BrClN3/c1-10(11-6-3-4-8-13(11)18)21(2)14-9-5-7-12(17)15(14)16(19)20/h3-10H,1-2H3,(H3,19,20). The molecule has 0 spiro atoms. The molecule has 0 aliphatic rings. The van der Waals surface area contributed by atoms with Crippen molar-refractivity contribution < 1.29 is 0 Å². The number of nitrogens with zero attached hydrogens (tertiary/aromatic N) is 1. The van der Waals surface area contributed by atoms with Crippen molar-refractivity contribution in [3.05, 3.63) is 63.1 Å². The Morgan fingerprint density at radius 2 is 1.90 bits per heavy atom. The predicted octanol–water partition coefficient (Wildman–Crippen LogP) is 4.58. The minimum absolute atomic E-state index is 0.0377. The number of nitrogen functional groups attached to an aromatic ring is 1. The first-order chi connectivity index (χ1) is 9.93. The smallest absolute Gasteiger partial charge is 0.126 e. The minimum Gasteiger partial charge on any atom is -0.384 e. The average Bonchev–Trinajstić information content (AvgIpc) is 2.45. The lowest BCUT2D eigenvalue weighted by atomic mass is 10.0. The van der Waals surface area contributed by atoms with Crippen LogP contribution in [0.4, 0.5) is 5.69 Å². The van der Waals surface area contributed by atoms with E-state index in [0.29, 0.717) is 5.56 Å². The summed E-state index contributed by atoms with van der Waals surface area (Å²) >= 11 is 9.74. The van der Waals surface area contributed by atoms with Crippen LogP contribution in [-0.2, 0) is 0 Å². The zero-order valence-electron chi connectivity index (χ0n) is 11.9. The number of hydrogen-bond donors (Lipinski definition) is 2. The first-order valence-electron chi connectivity index (χ1n) is 6.53. The maximum atomic E-state index is 7.79. The van der Waals surface area contributed by atoms with Crippen LogP contribution < -0.4 is 10.6 Å².